The van der Waals surface area contributed by atoms with E-state index in [-0.39, 0.29) is 12.1 Å². The highest BCUT2D eigenvalue weighted by Crippen LogP contribution is 2.19. The van der Waals surface area contributed by atoms with Crippen LogP contribution in [0.4, 0.5) is 17.6 Å². The van der Waals surface area contributed by atoms with Gasteiger partial charge in [0.25, 0.3) is 0 Å². The van der Waals surface area contributed by atoms with Gasteiger partial charge < -0.3 is 10.4 Å². The minimum Gasteiger partial charge on any atom is -0.382 e. The summed E-state index contributed by atoms with van der Waals surface area (Å²) in [6, 6.07) is 3.77. The average molecular weight is 272 g/mol. The minimum atomic E-state index is -4.68. The fourth-order valence-corrected chi connectivity index (χ4v) is 1.33. The number of hydrogen-bond acceptors (Lipinski definition) is 2. The molecule has 1 atom stereocenters. The van der Waals surface area contributed by atoms with Crippen molar-refractivity contribution in [1.82, 2.24) is 5.32 Å². The van der Waals surface area contributed by atoms with Crippen LogP contribution in [-0.4, -0.2) is 23.9 Å². The molecule has 1 rings (SSSR count). The van der Waals surface area contributed by atoms with Crippen molar-refractivity contribution >= 4 is 11.6 Å². The molecule has 0 aromatic heterocycles. The third-order valence-corrected chi connectivity index (χ3v) is 2.27. The third kappa shape index (κ3) is 4.49. The summed E-state index contributed by atoms with van der Waals surface area (Å²) in [5, 5.41) is 11.3. The van der Waals surface area contributed by atoms with Crippen molar-refractivity contribution in [2.75, 3.05) is 6.54 Å². The van der Waals surface area contributed by atoms with Crippen molar-refractivity contribution in [3.8, 4) is 0 Å². The maximum absolute atomic E-state index is 13.1. The predicted molar refractivity (Wildman–Crippen MR) is 55.2 cm³/mol. The topological polar surface area (TPSA) is 32.3 Å². The van der Waals surface area contributed by atoms with Crippen LogP contribution in [-0.2, 0) is 6.54 Å². The Labute approximate surface area is 100 Å². The SMILES string of the molecule is OC(CNCc1cc(Cl)ccc1F)C(F)(F)F. The van der Waals surface area contributed by atoms with E-state index in [1.807, 2.05) is 0 Å². The standard InChI is InChI=1S/C10H10ClF4NO/c11-7-1-2-8(12)6(3-7)4-16-5-9(17)10(13,14)15/h1-3,9,16-17H,4-5H2. The molecule has 7 heteroatoms. The normalized spacial score (nSPS) is 13.8. The average Bonchev–Trinajstić information content (AvgIpc) is 2.21. The van der Waals surface area contributed by atoms with Crippen LogP contribution < -0.4 is 5.32 Å². The highest BCUT2D eigenvalue weighted by molar-refractivity contribution is 6.30. The molecule has 0 saturated heterocycles. The smallest absolute Gasteiger partial charge is 0.382 e. The lowest BCUT2D eigenvalue weighted by atomic mass is 10.2. The van der Waals surface area contributed by atoms with Crippen LogP contribution in [0.3, 0.4) is 0 Å². The van der Waals surface area contributed by atoms with Gasteiger partial charge in [0.1, 0.15) is 5.82 Å². The molecule has 0 amide bonds. The van der Waals surface area contributed by atoms with Crippen molar-refractivity contribution < 1.29 is 22.7 Å². The number of rotatable bonds is 4. The van der Waals surface area contributed by atoms with Crippen molar-refractivity contribution in [1.29, 1.82) is 0 Å². The molecule has 17 heavy (non-hydrogen) atoms. The Balaban J connectivity index is 2.49. The maximum atomic E-state index is 13.1. The lowest BCUT2D eigenvalue weighted by Crippen LogP contribution is -2.38. The Morgan fingerprint density at radius 2 is 2.00 bits per heavy atom. The largest absolute Gasteiger partial charge is 0.415 e. The van der Waals surface area contributed by atoms with E-state index >= 15 is 0 Å². The van der Waals surface area contributed by atoms with Crippen LogP contribution in [0, 0.1) is 5.82 Å². The first-order valence-corrected chi connectivity index (χ1v) is 5.08. The molecule has 96 valence electrons. The summed E-state index contributed by atoms with van der Waals surface area (Å²) >= 11 is 5.61. The van der Waals surface area contributed by atoms with Crippen LogP contribution in [0.15, 0.2) is 18.2 Å². The van der Waals surface area contributed by atoms with Crippen LogP contribution >= 0.6 is 11.6 Å². The molecule has 1 aromatic rings. The van der Waals surface area contributed by atoms with E-state index in [1.54, 1.807) is 0 Å². The van der Waals surface area contributed by atoms with Gasteiger partial charge in [-0.15, -0.1) is 0 Å². The molecular formula is C10H10ClF4NO. The Bertz CT molecular complexity index is 383. The van der Waals surface area contributed by atoms with Gasteiger partial charge >= 0.3 is 6.18 Å². The lowest BCUT2D eigenvalue weighted by molar-refractivity contribution is -0.201. The third-order valence-electron chi connectivity index (χ3n) is 2.04. The molecule has 0 aliphatic carbocycles. The minimum absolute atomic E-state index is 0.139. The fourth-order valence-electron chi connectivity index (χ4n) is 1.14. The molecule has 0 fully saturated rings. The summed E-state index contributed by atoms with van der Waals surface area (Å²) < 4.78 is 48.9. The zero-order valence-corrected chi connectivity index (χ0v) is 9.32. The second-order valence-corrected chi connectivity index (χ2v) is 3.86. The van der Waals surface area contributed by atoms with Crippen molar-refractivity contribution in [3.05, 3.63) is 34.6 Å². The molecule has 2 nitrogen and oxygen atoms in total. The van der Waals surface area contributed by atoms with Gasteiger partial charge in [0.2, 0.25) is 0 Å². The van der Waals surface area contributed by atoms with E-state index in [9.17, 15) is 17.6 Å². The number of alkyl halides is 3. The Hall–Kier alpha value is -0.850. The molecular weight excluding hydrogens is 262 g/mol. The van der Waals surface area contributed by atoms with E-state index in [0.717, 1.165) is 6.07 Å². The summed E-state index contributed by atoms with van der Waals surface area (Å²) in [4.78, 5) is 0. The highest BCUT2D eigenvalue weighted by atomic mass is 35.5. The van der Waals surface area contributed by atoms with Crippen LogP contribution in [0.1, 0.15) is 5.56 Å². The zero-order valence-electron chi connectivity index (χ0n) is 8.56. The van der Waals surface area contributed by atoms with Crippen LogP contribution in [0.25, 0.3) is 0 Å². The molecule has 2 N–H and O–H groups in total. The Morgan fingerprint density at radius 1 is 1.35 bits per heavy atom. The number of benzene rings is 1. The summed E-state index contributed by atoms with van der Waals surface area (Å²) in [6.45, 7) is -0.838. The quantitative estimate of drug-likeness (QED) is 0.825. The van der Waals surface area contributed by atoms with Gasteiger partial charge in [0.15, 0.2) is 6.10 Å². The van der Waals surface area contributed by atoms with Gasteiger partial charge in [-0.3, -0.25) is 0 Å². The molecule has 0 heterocycles. The van der Waals surface area contributed by atoms with Crippen molar-refractivity contribution in [2.24, 2.45) is 0 Å². The number of halogens is 5. The van der Waals surface area contributed by atoms with Crippen molar-refractivity contribution in [3.63, 3.8) is 0 Å². The first-order chi connectivity index (χ1) is 7.80. The first kappa shape index (κ1) is 14.2. The summed E-state index contributed by atoms with van der Waals surface area (Å²) in [7, 11) is 0. The summed E-state index contributed by atoms with van der Waals surface area (Å²) in [5.74, 6) is -0.566. The fraction of sp³-hybridized carbons (Fsp3) is 0.400. The van der Waals surface area contributed by atoms with Gasteiger partial charge in [-0.1, -0.05) is 11.6 Å². The molecule has 0 saturated carbocycles. The summed E-state index contributed by atoms with van der Waals surface area (Å²) in [5.41, 5.74) is 0.145. The molecule has 1 unspecified atom stereocenters. The van der Waals surface area contributed by atoms with E-state index in [0.29, 0.717) is 5.02 Å². The van der Waals surface area contributed by atoms with E-state index in [1.165, 1.54) is 12.1 Å². The highest BCUT2D eigenvalue weighted by Gasteiger charge is 2.37. The van der Waals surface area contributed by atoms with Gasteiger partial charge in [-0.25, -0.2) is 4.39 Å². The summed E-state index contributed by atoms with van der Waals surface area (Å²) in [6.07, 6.45) is -7.15. The zero-order chi connectivity index (χ0) is 13.1. The lowest BCUT2D eigenvalue weighted by Gasteiger charge is -2.15. The van der Waals surface area contributed by atoms with Crippen LogP contribution in [0.2, 0.25) is 5.02 Å². The van der Waals surface area contributed by atoms with Gasteiger partial charge in [0, 0.05) is 23.7 Å². The van der Waals surface area contributed by atoms with Gasteiger partial charge in [-0.05, 0) is 18.2 Å². The molecule has 0 spiro atoms. The number of hydrogen-bond donors (Lipinski definition) is 2. The number of aliphatic hydroxyl groups excluding tert-OH is 1. The molecule has 1 aromatic carbocycles. The van der Waals surface area contributed by atoms with E-state index in [4.69, 9.17) is 16.7 Å². The monoisotopic (exact) mass is 271 g/mol. The second-order valence-electron chi connectivity index (χ2n) is 3.42. The second kappa shape index (κ2) is 5.66. The number of nitrogens with one attached hydrogen (secondary N) is 1. The van der Waals surface area contributed by atoms with Gasteiger partial charge in [0.05, 0.1) is 0 Å². The maximum Gasteiger partial charge on any atom is 0.415 e. The molecule has 0 bridgehead atoms. The molecule has 0 aliphatic heterocycles. The van der Waals surface area contributed by atoms with E-state index < -0.39 is 24.6 Å². The van der Waals surface area contributed by atoms with Crippen LogP contribution in [0.5, 0.6) is 0 Å². The molecule has 0 radical (unpaired) electrons. The first-order valence-electron chi connectivity index (χ1n) is 4.70. The van der Waals surface area contributed by atoms with Crippen molar-refractivity contribution in [2.45, 2.75) is 18.8 Å². The molecule has 0 aliphatic rings. The Morgan fingerprint density at radius 3 is 2.59 bits per heavy atom. The number of aliphatic hydroxyl groups is 1. The Kier molecular flexibility index (Phi) is 4.73. The van der Waals surface area contributed by atoms with Gasteiger partial charge in [-0.2, -0.15) is 13.2 Å². The predicted octanol–water partition coefficient (Wildman–Crippen LogP) is 2.49. The van der Waals surface area contributed by atoms with E-state index in [2.05, 4.69) is 5.32 Å².